The lowest BCUT2D eigenvalue weighted by Gasteiger charge is -2.36. The van der Waals surface area contributed by atoms with Gasteiger partial charge in [-0.05, 0) is 52.9 Å². The lowest BCUT2D eigenvalue weighted by Crippen LogP contribution is -2.48. The first-order chi connectivity index (χ1) is 10.8. The Hall–Kier alpha value is -0.690. The number of aliphatic hydroxyl groups excluding tert-OH is 2. The van der Waals surface area contributed by atoms with Crippen LogP contribution >= 0.6 is 0 Å². The van der Waals surface area contributed by atoms with E-state index < -0.39 is 18.5 Å². The number of carbonyl (C=O) groups excluding carboxylic acids is 1. The fourth-order valence-corrected chi connectivity index (χ4v) is 2.99. The highest BCUT2D eigenvalue weighted by molar-refractivity contribution is 5.75. The van der Waals surface area contributed by atoms with Gasteiger partial charge in [-0.1, -0.05) is 0 Å². The Bertz CT molecular complexity index is 399. The molecule has 0 spiro atoms. The Kier molecular flexibility index (Phi) is 6.42. The van der Waals surface area contributed by atoms with Crippen molar-refractivity contribution in [2.75, 3.05) is 0 Å². The summed E-state index contributed by atoms with van der Waals surface area (Å²) in [6.07, 6.45) is 0.248. The summed E-state index contributed by atoms with van der Waals surface area (Å²) >= 11 is 0. The van der Waals surface area contributed by atoms with E-state index in [1.54, 1.807) is 6.92 Å². The molecule has 0 radical (unpaired) electrons. The lowest BCUT2D eigenvalue weighted by atomic mass is 10.0. The third kappa shape index (κ3) is 5.41. The lowest BCUT2D eigenvalue weighted by molar-refractivity contribution is -0.273. The molecule has 0 aromatic heterocycles. The molecule has 0 unspecified atom stereocenters. The highest BCUT2D eigenvalue weighted by Gasteiger charge is 2.44. The molecule has 7 atom stereocenters. The summed E-state index contributed by atoms with van der Waals surface area (Å²) in [6.45, 7) is 7.43. The van der Waals surface area contributed by atoms with E-state index in [0.29, 0.717) is 5.92 Å². The number of rotatable bonds is 7. The highest BCUT2D eigenvalue weighted by Crippen LogP contribution is 2.43. The van der Waals surface area contributed by atoms with Crippen LogP contribution in [0.1, 0.15) is 53.4 Å². The van der Waals surface area contributed by atoms with E-state index in [9.17, 15) is 15.0 Å². The number of hydrogen-bond donors (Lipinski definition) is 2. The zero-order chi connectivity index (χ0) is 17.1. The van der Waals surface area contributed by atoms with E-state index in [1.165, 1.54) is 0 Å². The van der Waals surface area contributed by atoms with Crippen LogP contribution in [-0.2, 0) is 19.0 Å². The first kappa shape index (κ1) is 18.6. The average molecular weight is 330 g/mol. The summed E-state index contributed by atoms with van der Waals surface area (Å²) in [5.41, 5.74) is 0. The van der Waals surface area contributed by atoms with Crippen LogP contribution in [0, 0.1) is 11.8 Å². The molecule has 0 amide bonds. The number of aliphatic hydroxyl groups is 2. The van der Waals surface area contributed by atoms with Gasteiger partial charge in [0.25, 0.3) is 0 Å². The second kappa shape index (κ2) is 7.92. The van der Waals surface area contributed by atoms with E-state index >= 15 is 0 Å². The van der Waals surface area contributed by atoms with E-state index in [1.807, 2.05) is 20.8 Å². The van der Waals surface area contributed by atoms with Gasteiger partial charge in [0.2, 0.25) is 0 Å². The predicted octanol–water partition coefficient (Wildman–Crippen LogP) is 1.62. The molecule has 2 N–H and O–H groups in total. The Morgan fingerprint density at radius 3 is 2.57 bits per heavy atom. The number of esters is 1. The van der Waals surface area contributed by atoms with Crippen LogP contribution in [0.3, 0.4) is 0 Å². The second-order valence-corrected chi connectivity index (χ2v) is 7.19. The molecule has 23 heavy (non-hydrogen) atoms. The molecule has 134 valence electrons. The largest absolute Gasteiger partial charge is 0.463 e. The zero-order valence-electron chi connectivity index (χ0n) is 14.5. The van der Waals surface area contributed by atoms with E-state index in [2.05, 4.69) is 0 Å². The van der Waals surface area contributed by atoms with Gasteiger partial charge in [0.05, 0.1) is 30.3 Å². The van der Waals surface area contributed by atoms with E-state index in [4.69, 9.17) is 14.2 Å². The van der Waals surface area contributed by atoms with Crippen molar-refractivity contribution in [2.24, 2.45) is 11.8 Å². The maximum atomic E-state index is 11.8. The topological polar surface area (TPSA) is 85.2 Å². The molecule has 0 aromatic rings. The quantitative estimate of drug-likeness (QED) is 0.690. The van der Waals surface area contributed by atoms with Crippen LogP contribution in [-0.4, -0.2) is 53.0 Å². The maximum absolute atomic E-state index is 11.8. The highest BCUT2D eigenvalue weighted by atomic mass is 16.7. The van der Waals surface area contributed by atoms with Crippen LogP contribution in [0.25, 0.3) is 0 Å². The van der Waals surface area contributed by atoms with Gasteiger partial charge in [-0.2, -0.15) is 0 Å². The van der Waals surface area contributed by atoms with Gasteiger partial charge >= 0.3 is 5.97 Å². The maximum Gasteiger partial charge on any atom is 0.309 e. The predicted molar refractivity (Wildman–Crippen MR) is 83.6 cm³/mol. The smallest absolute Gasteiger partial charge is 0.309 e. The Balaban J connectivity index is 1.66. The minimum atomic E-state index is -0.807. The fraction of sp³-hybridized carbons (Fsp3) is 0.941. The molecule has 0 bridgehead atoms. The molecule has 1 saturated heterocycles. The van der Waals surface area contributed by atoms with Crippen LogP contribution in [0.4, 0.5) is 0 Å². The zero-order valence-corrected chi connectivity index (χ0v) is 14.5. The van der Waals surface area contributed by atoms with Gasteiger partial charge in [0.15, 0.2) is 6.29 Å². The molecular weight excluding hydrogens is 300 g/mol. The van der Waals surface area contributed by atoms with Crippen LogP contribution < -0.4 is 0 Å². The first-order valence-electron chi connectivity index (χ1n) is 8.65. The minimum Gasteiger partial charge on any atom is -0.463 e. The van der Waals surface area contributed by atoms with Gasteiger partial charge in [0, 0.05) is 6.42 Å². The van der Waals surface area contributed by atoms with Crippen molar-refractivity contribution in [2.45, 2.75) is 90.2 Å². The molecule has 1 aliphatic heterocycles. The molecular formula is C17H30O6. The molecule has 2 fully saturated rings. The van der Waals surface area contributed by atoms with Crippen LogP contribution in [0.15, 0.2) is 0 Å². The SMILES string of the molecule is CC(C)OC(=O)[C@H]1C[C@H]1CC[C@@H](C)O[C@@H]1O[C@@H](C)[C@H](O)C[C@H]1O. The molecule has 6 nitrogen and oxygen atoms in total. The molecule has 2 rings (SSSR count). The van der Waals surface area contributed by atoms with Crippen molar-refractivity contribution in [3.63, 3.8) is 0 Å². The van der Waals surface area contributed by atoms with Crippen LogP contribution in [0.5, 0.6) is 0 Å². The normalized spacial score (nSPS) is 38.4. The van der Waals surface area contributed by atoms with Gasteiger partial charge in [-0.25, -0.2) is 0 Å². The number of carbonyl (C=O) groups is 1. The van der Waals surface area contributed by atoms with Crippen molar-refractivity contribution in [1.29, 1.82) is 0 Å². The van der Waals surface area contributed by atoms with Crippen molar-refractivity contribution < 1.29 is 29.2 Å². The molecule has 1 aliphatic carbocycles. The van der Waals surface area contributed by atoms with Crippen LogP contribution in [0.2, 0.25) is 0 Å². The van der Waals surface area contributed by atoms with E-state index in [-0.39, 0.29) is 36.6 Å². The van der Waals surface area contributed by atoms with E-state index in [0.717, 1.165) is 19.3 Å². The second-order valence-electron chi connectivity index (χ2n) is 7.19. The molecule has 2 aliphatic rings. The summed E-state index contributed by atoms with van der Waals surface area (Å²) < 4.78 is 16.5. The minimum absolute atomic E-state index is 0.0382. The summed E-state index contributed by atoms with van der Waals surface area (Å²) in [5.74, 6) is 0.328. The molecule has 1 saturated carbocycles. The molecule has 0 aromatic carbocycles. The fourth-order valence-electron chi connectivity index (χ4n) is 2.99. The monoisotopic (exact) mass is 330 g/mol. The van der Waals surface area contributed by atoms with Crippen molar-refractivity contribution >= 4 is 5.97 Å². The molecule has 1 heterocycles. The summed E-state index contributed by atoms with van der Waals surface area (Å²) in [6, 6.07) is 0. The summed E-state index contributed by atoms with van der Waals surface area (Å²) in [5, 5.41) is 19.6. The third-order valence-electron chi connectivity index (χ3n) is 4.58. The third-order valence-corrected chi connectivity index (χ3v) is 4.58. The van der Waals surface area contributed by atoms with Crippen molar-refractivity contribution in [3.8, 4) is 0 Å². The standard InChI is InChI=1S/C17H30O6/c1-9(2)21-16(20)13-7-12(13)6-5-10(3)22-17-15(19)8-14(18)11(4)23-17/h9-15,17-19H,5-8H2,1-4H3/t10-,11+,12-,13+,14-,15-,17-/m1/s1. The molecule has 6 heteroatoms. The van der Waals surface area contributed by atoms with Crippen molar-refractivity contribution in [1.82, 2.24) is 0 Å². The average Bonchev–Trinajstić information content (AvgIpc) is 3.21. The van der Waals surface area contributed by atoms with Gasteiger partial charge in [0.1, 0.15) is 6.10 Å². The van der Waals surface area contributed by atoms with Crippen molar-refractivity contribution in [3.05, 3.63) is 0 Å². The Labute approximate surface area is 138 Å². The Morgan fingerprint density at radius 2 is 1.91 bits per heavy atom. The first-order valence-corrected chi connectivity index (χ1v) is 8.65. The van der Waals surface area contributed by atoms with Gasteiger partial charge in [-0.15, -0.1) is 0 Å². The number of ether oxygens (including phenoxy) is 3. The summed E-state index contributed by atoms with van der Waals surface area (Å²) in [4.78, 5) is 11.8. The summed E-state index contributed by atoms with van der Waals surface area (Å²) in [7, 11) is 0. The Morgan fingerprint density at radius 1 is 1.22 bits per heavy atom. The number of hydrogen-bond acceptors (Lipinski definition) is 6. The van der Waals surface area contributed by atoms with Gasteiger partial charge < -0.3 is 24.4 Å². The van der Waals surface area contributed by atoms with Gasteiger partial charge in [-0.3, -0.25) is 4.79 Å².